The molecule has 0 saturated heterocycles. The van der Waals surface area contributed by atoms with Crippen LogP contribution in [-0.2, 0) is 21.9 Å². The van der Waals surface area contributed by atoms with E-state index in [0.29, 0.717) is 16.2 Å². The summed E-state index contributed by atoms with van der Waals surface area (Å²) >= 11 is 1.33. The van der Waals surface area contributed by atoms with Gasteiger partial charge in [0.1, 0.15) is 11.5 Å². The number of hydrogen-bond donors (Lipinski definition) is 0. The molecule has 5 nitrogen and oxygen atoms in total. The van der Waals surface area contributed by atoms with Crippen molar-refractivity contribution in [1.29, 1.82) is 0 Å². The van der Waals surface area contributed by atoms with Gasteiger partial charge in [0, 0.05) is 0 Å². The molecular formula is C23H19NO4S. The molecule has 0 radical (unpaired) electrons. The Morgan fingerprint density at radius 1 is 0.931 bits per heavy atom. The van der Waals surface area contributed by atoms with Crippen LogP contribution in [0.15, 0.2) is 82.3 Å². The standard InChI is InChI=1S/C23H19NO4S/c1-27-18-11-9-16(10-12-18)14-24-22(25)20(17-6-3-2-4-7-17)21(23(24)26)29-15-19-8-5-13-28-19/h2-13H,14-15H2,1H3. The van der Waals surface area contributed by atoms with E-state index in [2.05, 4.69) is 0 Å². The van der Waals surface area contributed by atoms with Crippen molar-refractivity contribution in [2.24, 2.45) is 0 Å². The van der Waals surface area contributed by atoms with Crippen LogP contribution in [0.1, 0.15) is 16.9 Å². The van der Waals surface area contributed by atoms with Gasteiger partial charge in [-0.2, -0.15) is 0 Å². The second-order valence-corrected chi connectivity index (χ2v) is 7.47. The van der Waals surface area contributed by atoms with Crippen LogP contribution in [0.2, 0.25) is 0 Å². The third-order valence-electron chi connectivity index (χ3n) is 4.63. The van der Waals surface area contributed by atoms with E-state index in [1.165, 1.54) is 16.7 Å². The maximum Gasteiger partial charge on any atom is 0.268 e. The Labute approximate surface area is 173 Å². The van der Waals surface area contributed by atoms with Gasteiger partial charge in [0.05, 0.1) is 36.1 Å². The van der Waals surface area contributed by atoms with Gasteiger partial charge < -0.3 is 9.15 Å². The summed E-state index contributed by atoms with van der Waals surface area (Å²) in [5.74, 6) is 1.41. The van der Waals surface area contributed by atoms with Crippen molar-refractivity contribution in [2.75, 3.05) is 7.11 Å². The van der Waals surface area contributed by atoms with Crippen molar-refractivity contribution in [3.63, 3.8) is 0 Å². The molecule has 0 bridgehead atoms. The maximum atomic E-state index is 13.2. The number of amides is 2. The summed E-state index contributed by atoms with van der Waals surface area (Å²) in [5.41, 5.74) is 2.04. The monoisotopic (exact) mass is 405 g/mol. The van der Waals surface area contributed by atoms with Crippen molar-refractivity contribution in [3.8, 4) is 5.75 Å². The Morgan fingerprint density at radius 2 is 1.69 bits per heavy atom. The van der Waals surface area contributed by atoms with Gasteiger partial charge in [0.15, 0.2) is 0 Å². The lowest BCUT2D eigenvalue weighted by atomic mass is 10.1. The van der Waals surface area contributed by atoms with Crippen LogP contribution >= 0.6 is 11.8 Å². The van der Waals surface area contributed by atoms with Crippen molar-refractivity contribution < 1.29 is 18.7 Å². The van der Waals surface area contributed by atoms with Crippen LogP contribution in [-0.4, -0.2) is 23.8 Å². The van der Waals surface area contributed by atoms with Crippen molar-refractivity contribution in [3.05, 3.63) is 94.8 Å². The Kier molecular flexibility index (Phi) is 5.53. The molecule has 1 aliphatic heterocycles. The molecule has 0 aliphatic carbocycles. The number of furan rings is 1. The molecule has 0 saturated carbocycles. The lowest BCUT2D eigenvalue weighted by Gasteiger charge is -2.15. The Hall–Kier alpha value is -3.25. The number of methoxy groups -OCH3 is 1. The van der Waals surface area contributed by atoms with Gasteiger partial charge in [0.2, 0.25) is 0 Å². The SMILES string of the molecule is COc1ccc(CN2C(=O)C(SCc3ccco3)=C(c3ccccc3)C2=O)cc1. The first-order chi connectivity index (χ1) is 14.2. The van der Waals surface area contributed by atoms with E-state index in [0.717, 1.165) is 22.6 Å². The van der Waals surface area contributed by atoms with Crippen LogP contribution < -0.4 is 4.74 Å². The minimum absolute atomic E-state index is 0.211. The predicted octanol–water partition coefficient (Wildman–Crippen LogP) is 4.50. The highest BCUT2D eigenvalue weighted by molar-refractivity contribution is 8.03. The summed E-state index contributed by atoms with van der Waals surface area (Å²) < 4.78 is 10.5. The minimum Gasteiger partial charge on any atom is -0.497 e. The molecule has 6 heteroatoms. The number of hydrogen-bond acceptors (Lipinski definition) is 5. The fourth-order valence-electron chi connectivity index (χ4n) is 3.14. The largest absolute Gasteiger partial charge is 0.497 e. The molecule has 0 N–H and O–H groups in total. The fraction of sp³-hybridized carbons (Fsp3) is 0.130. The quantitative estimate of drug-likeness (QED) is 0.542. The van der Waals surface area contributed by atoms with E-state index in [1.807, 2.05) is 60.7 Å². The highest BCUT2D eigenvalue weighted by Crippen LogP contribution is 2.38. The van der Waals surface area contributed by atoms with Gasteiger partial charge in [-0.3, -0.25) is 14.5 Å². The van der Waals surface area contributed by atoms with Crippen LogP contribution in [0.3, 0.4) is 0 Å². The number of carbonyl (C=O) groups excluding carboxylic acids is 2. The number of thioether (sulfide) groups is 1. The Balaban J connectivity index is 1.63. The average molecular weight is 405 g/mol. The second-order valence-electron chi connectivity index (χ2n) is 6.48. The minimum atomic E-state index is -0.279. The summed E-state index contributed by atoms with van der Waals surface area (Å²) in [6, 6.07) is 20.3. The van der Waals surface area contributed by atoms with Crippen molar-refractivity contribution in [1.82, 2.24) is 4.90 Å². The molecule has 0 unspecified atom stereocenters. The first-order valence-corrected chi connectivity index (χ1v) is 10.1. The summed E-state index contributed by atoms with van der Waals surface area (Å²) in [4.78, 5) is 28.1. The fourth-order valence-corrected chi connectivity index (χ4v) is 4.18. The first-order valence-electron chi connectivity index (χ1n) is 9.11. The molecule has 0 spiro atoms. The average Bonchev–Trinajstić information content (AvgIpc) is 3.36. The zero-order valence-electron chi connectivity index (χ0n) is 15.8. The molecule has 1 aliphatic rings. The Morgan fingerprint density at radius 3 is 2.34 bits per heavy atom. The zero-order chi connectivity index (χ0) is 20.2. The molecule has 4 rings (SSSR count). The predicted molar refractivity (Wildman–Crippen MR) is 112 cm³/mol. The molecule has 29 heavy (non-hydrogen) atoms. The second kappa shape index (κ2) is 8.41. The maximum absolute atomic E-state index is 13.2. The molecule has 0 atom stereocenters. The first kappa shape index (κ1) is 19.1. The highest BCUT2D eigenvalue weighted by atomic mass is 32.2. The number of imide groups is 1. The number of benzene rings is 2. The van der Waals surface area contributed by atoms with Crippen LogP contribution in [0, 0.1) is 0 Å². The Bertz CT molecular complexity index is 1040. The van der Waals surface area contributed by atoms with Crippen LogP contribution in [0.25, 0.3) is 5.57 Å². The van der Waals surface area contributed by atoms with E-state index in [9.17, 15) is 9.59 Å². The number of ether oxygens (including phenoxy) is 1. The highest BCUT2D eigenvalue weighted by Gasteiger charge is 2.39. The van der Waals surface area contributed by atoms with Crippen molar-refractivity contribution in [2.45, 2.75) is 12.3 Å². The number of nitrogens with zero attached hydrogens (tertiary/aromatic N) is 1. The van der Waals surface area contributed by atoms with Gasteiger partial charge >= 0.3 is 0 Å². The van der Waals surface area contributed by atoms with E-state index in [1.54, 1.807) is 19.4 Å². The lowest BCUT2D eigenvalue weighted by molar-refractivity contribution is -0.137. The summed E-state index contributed by atoms with van der Waals surface area (Å²) in [5, 5.41) is 0. The molecular weight excluding hydrogens is 386 g/mol. The molecule has 146 valence electrons. The van der Waals surface area contributed by atoms with E-state index < -0.39 is 0 Å². The topological polar surface area (TPSA) is 59.8 Å². The van der Waals surface area contributed by atoms with Gasteiger partial charge in [-0.25, -0.2) is 0 Å². The van der Waals surface area contributed by atoms with Crippen LogP contribution in [0.5, 0.6) is 5.75 Å². The van der Waals surface area contributed by atoms with Gasteiger partial charge in [-0.1, -0.05) is 42.5 Å². The molecule has 2 amide bonds. The van der Waals surface area contributed by atoms with Gasteiger partial charge in [0.25, 0.3) is 11.8 Å². The van der Waals surface area contributed by atoms with E-state index in [-0.39, 0.29) is 18.4 Å². The van der Waals surface area contributed by atoms with Gasteiger partial charge in [-0.05, 0) is 35.4 Å². The molecule has 2 aromatic carbocycles. The molecule has 1 aromatic heterocycles. The lowest BCUT2D eigenvalue weighted by Crippen LogP contribution is -2.30. The number of rotatable bonds is 7. The third-order valence-corrected chi connectivity index (χ3v) is 5.72. The summed E-state index contributed by atoms with van der Waals surface area (Å²) in [6.45, 7) is 0.211. The van der Waals surface area contributed by atoms with Crippen molar-refractivity contribution >= 4 is 29.1 Å². The summed E-state index contributed by atoms with van der Waals surface area (Å²) in [6.07, 6.45) is 1.60. The smallest absolute Gasteiger partial charge is 0.268 e. The van der Waals surface area contributed by atoms with Crippen LogP contribution in [0.4, 0.5) is 0 Å². The van der Waals surface area contributed by atoms with E-state index in [4.69, 9.17) is 9.15 Å². The zero-order valence-corrected chi connectivity index (χ0v) is 16.6. The molecule has 0 fully saturated rings. The number of carbonyl (C=O) groups is 2. The molecule has 3 aromatic rings. The molecule has 2 heterocycles. The third kappa shape index (κ3) is 3.98. The van der Waals surface area contributed by atoms with E-state index >= 15 is 0 Å². The normalized spacial score (nSPS) is 14.0. The van der Waals surface area contributed by atoms with Gasteiger partial charge in [-0.15, -0.1) is 11.8 Å². The summed E-state index contributed by atoms with van der Waals surface area (Å²) in [7, 11) is 1.60.